The number of benzene rings is 1. The number of nitrogens with zero attached hydrogens (tertiary/aromatic N) is 1. The van der Waals surface area contributed by atoms with E-state index in [0.29, 0.717) is 18.7 Å². The van der Waals surface area contributed by atoms with Crippen molar-refractivity contribution >= 4 is 27.6 Å². The molecule has 1 aliphatic rings. The number of rotatable bonds is 5. The van der Waals surface area contributed by atoms with E-state index in [4.69, 9.17) is 5.11 Å². The van der Waals surface area contributed by atoms with Crippen LogP contribution in [0.5, 0.6) is 0 Å². The Morgan fingerprint density at radius 1 is 1.30 bits per heavy atom. The van der Waals surface area contributed by atoms with Crippen molar-refractivity contribution in [3.8, 4) is 0 Å². The van der Waals surface area contributed by atoms with Gasteiger partial charge in [0.15, 0.2) is 0 Å². The maximum absolute atomic E-state index is 12.4. The van der Waals surface area contributed by atoms with Crippen molar-refractivity contribution in [1.29, 1.82) is 0 Å². The lowest BCUT2D eigenvalue weighted by atomic mass is 10.1. The molecule has 0 spiro atoms. The molecule has 0 unspecified atom stereocenters. The van der Waals surface area contributed by atoms with Gasteiger partial charge in [-0.3, -0.25) is 9.59 Å². The molecule has 0 fully saturated rings. The predicted octanol–water partition coefficient (Wildman–Crippen LogP) is 0.983. The number of nitrogens with one attached hydrogen (secondary N) is 1. The van der Waals surface area contributed by atoms with Crippen LogP contribution in [0.25, 0.3) is 0 Å². The summed E-state index contributed by atoms with van der Waals surface area (Å²) in [5.41, 5.74) is 1.47. The summed E-state index contributed by atoms with van der Waals surface area (Å²) in [7, 11) is -3.94. The Labute approximate surface area is 135 Å². The summed E-state index contributed by atoms with van der Waals surface area (Å²) in [6.07, 6.45) is 0.574. The Morgan fingerprint density at radius 2 is 1.96 bits per heavy atom. The average molecular weight is 340 g/mol. The zero-order valence-electron chi connectivity index (χ0n) is 13.2. The molecule has 2 rings (SSSR count). The highest BCUT2D eigenvalue weighted by atomic mass is 32.2. The number of hydrogen-bond acceptors (Lipinski definition) is 4. The van der Waals surface area contributed by atoms with E-state index >= 15 is 0 Å². The summed E-state index contributed by atoms with van der Waals surface area (Å²) in [4.78, 5) is 24.3. The maximum Gasteiger partial charge on any atom is 0.322 e. The normalized spacial score (nSPS) is 15.6. The zero-order valence-corrected chi connectivity index (χ0v) is 14.1. The van der Waals surface area contributed by atoms with Gasteiger partial charge in [-0.1, -0.05) is 13.8 Å². The lowest BCUT2D eigenvalue weighted by Crippen LogP contribution is -2.44. The fourth-order valence-corrected chi connectivity index (χ4v) is 3.97. The number of carboxylic acid groups (broad SMARTS) is 1. The standard InChI is InChI=1S/C15H20N2O5S/c1-9(2)14(15(19)20)16-23(21,22)12-4-5-13-11(8-12)6-7-17(13)10(3)18/h4-5,8-9,14,16H,6-7H2,1-3H3,(H,19,20)/t14-/m0/s1. The molecule has 1 aromatic carbocycles. The van der Waals surface area contributed by atoms with Crippen molar-refractivity contribution in [1.82, 2.24) is 4.72 Å². The average Bonchev–Trinajstić information content (AvgIpc) is 2.87. The molecule has 0 aromatic heterocycles. The number of hydrogen-bond donors (Lipinski definition) is 2. The molecule has 0 bridgehead atoms. The van der Waals surface area contributed by atoms with E-state index in [-0.39, 0.29) is 16.7 Å². The van der Waals surface area contributed by atoms with E-state index < -0.39 is 22.0 Å². The summed E-state index contributed by atoms with van der Waals surface area (Å²) in [6.45, 7) is 5.25. The van der Waals surface area contributed by atoms with E-state index in [1.165, 1.54) is 19.1 Å². The van der Waals surface area contributed by atoms with Crippen molar-refractivity contribution in [3.63, 3.8) is 0 Å². The summed E-state index contributed by atoms with van der Waals surface area (Å²) in [5.74, 6) is -1.69. The van der Waals surface area contributed by atoms with Crippen LogP contribution in [-0.4, -0.2) is 38.0 Å². The smallest absolute Gasteiger partial charge is 0.322 e. The van der Waals surface area contributed by atoms with E-state index in [1.807, 2.05) is 0 Å². The third-order valence-electron chi connectivity index (χ3n) is 3.85. The van der Waals surface area contributed by atoms with Gasteiger partial charge in [0, 0.05) is 19.2 Å². The molecule has 1 amide bonds. The second kappa shape index (κ2) is 6.29. The van der Waals surface area contributed by atoms with Crippen LogP contribution in [0, 0.1) is 5.92 Å². The topological polar surface area (TPSA) is 104 Å². The molecular weight excluding hydrogens is 320 g/mol. The number of sulfonamides is 1. The third-order valence-corrected chi connectivity index (χ3v) is 5.29. The molecule has 0 radical (unpaired) electrons. The van der Waals surface area contributed by atoms with Crippen LogP contribution in [0.4, 0.5) is 5.69 Å². The Balaban J connectivity index is 2.32. The molecule has 23 heavy (non-hydrogen) atoms. The monoisotopic (exact) mass is 340 g/mol. The first-order valence-electron chi connectivity index (χ1n) is 7.29. The van der Waals surface area contributed by atoms with Crippen molar-refractivity contribution in [2.75, 3.05) is 11.4 Å². The van der Waals surface area contributed by atoms with Gasteiger partial charge in [0.05, 0.1) is 4.90 Å². The van der Waals surface area contributed by atoms with Crippen LogP contribution < -0.4 is 9.62 Å². The van der Waals surface area contributed by atoms with Gasteiger partial charge in [0.2, 0.25) is 15.9 Å². The summed E-state index contributed by atoms with van der Waals surface area (Å²) < 4.78 is 27.0. The maximum atomic E-state index is 12.4. The highest BCUT2D eigenvalue weighted by Crippen LogP contribution is 2.30. The van der Waals surface area contributed by atoms with Crippen LogP contribution in [0.2, 0.25) is 0 Å². The van der Waals surface area contributed by atoms with Gasteiger partial charge < -0.3 is 10.0 Å². The molecule has 1 atom stereocenters. The lowest BCUT2D eigenvalue weighted by Gasteiger charge is -2.19. The minimum Gasteiger partial charge on any atom is -0.480 e. The molecule has 8 heteroatoms. The highest BCUT2D eigenvalue weighted by molar-refractivity contribution is 7.89. The van der Waals surface area contributed by atoms with Crippen LogP contribution in [-0.2, 0) is 26.0 Å². The van der Waals surface area contributed by atoms with Crippen LogP contribution in [0.1, 0.15) is 26.3 Å². The van der Waals surface area contributed by atoms with Gasteiger partial charge in [-0.25, -0.2) is 8.42 Å². The van der Waals surface area contributed by atoms with E-state index in [1.54, 1.807) is 24.8 Å². The summed E-state index contributed by atoms with van der Waals surface area (Å²) >= 11 is 0. The van der Waals surface area contributed by atoms with Gasteiger partial charge >= 0.3 is 5.97 Å². The SMILES string of the molecule is CC(=O)N1CCc2cc(S(=O)(=O)N[C@H](C(=O)O)C(C)C)ccc21. The summed E-state index contributed by atoms with van der Waals surface area (Å²) in [5, 5.41) is 9.13. The van der Waals surface area contributed by atoms with Crippen molar-refractivity contribution < 1.29 is 23.1 Å². The number of carboxylic acids is 1. The summed E-state index contributed by atoms with van der Waals surface area (Å²) in [6, 6.07) is 3.28. The Morgan fingerprint density at radius 3 is 2.48 bits per heavy atom. The molecule has 1 aromatic rings. The number of fused-ring (bicyclic) bond motifs is 1. The lowest BCUT2D eigenvalue weighted by molar-refractivity contribution is -0.140. The van der Waals surface area contributed by atoms with Crippen molar-refractivity contribution in [3.05, 3.63) is 23.8 Å². The minimum atomic E-state index is -3.94. The van der Waals surface area contributed by atoms with Crippen LogP contribution in [0.3, 0.4) is 0 Å². The van der Waals surface area contributed by atoms with Gasteiger partial charge in [-0.2, -0.15) is 4.72 Å². The first-order valence-corrected chi connectivity index (χ1v) is 8.78. The molecule has 2 N–H and O–H groups in total. The van der Waals surface area contributed by atoms with Crippen molar-refractivity contribution in [2.24, 2.45) is 5.92 Å². The first-order chi connectivity index (χ1) is 10.6. The fourth-order valence-electron chi connectivity index (χ4n) is 2.58. The zero-order chi connectivity index (χ0) is 17.4. The van der Waals surface area contributed by atoms with Gasteiger partial charge in [-0.05, 0) is 36.1 Å². The quantitative estimate of drug-likeness (QED) is 0.832. The van der Waals surface area contributed by atoms with Crippen molar-refractivity contribution in [2.45, 2.75) is 38.1 Å². The molecule has 1 aliphatic heterocycles. The number of anilines is 1. The number of aliphatic carboxylic acids is 1. The first kappa shape index (κ1) is 17.4. The molecular formula is C15H20N2O5S. The predicted molar refractivity (Wildman–Crippen MR) is 84.8 cm³/mol. The van der Waals surface area contributed by atoms with Crippen LogP contribution in [0.15, 0.2) is 23.1 Å². The second-order valence-electron chi connectivity index (χ2n) is 5.89. The highest BCUT2D eigenvalue weighted by Gasteiger charge is 2.29. The molecule has 0 saturated heterocycles. The van der Waals surface area contributed by atoms with Gasteiger partial charge in [-0.15, -0.1) is 0 Å². The number of amides is 1. The second-order valence-corrected chi connectivity index (χ2v) is 7.61. The Bertz CT molecular complexity index is 742. The third kappa shape index (κ3) is 3.53. The van der Waals surface area contributed by atoms with E-state index in [0.717, 1.165) is 5.56 Å². The molecule has 0 saturated carbocycles. The minimum absolute atomic E-state index is 0.00792. The van der Waals surface area contributed by atoms with Crippen LogP contribution >= 0.6 is 0 Å². The number of carbonyl (C=O) groups excluding carboxylic acids is 1. The van der Waals surface area contributed by atoms with Gasteiger partial charge in [0.1, 0.15) is 6.04 Å². The Kier molecular flexibility index (Phi) is 4.76. The van der Waals surface area contributed by atoms with E-state index in [9.17, 15) is 18.0 Å². The fraction of sp³-hybridized carbons (Fsp3) is 0.467. The molecule has 1 heterocycles. The van der Waals surface area contributed by atoms with Gasteiger partial charge in [0.25, 0.3) is 0 Å². The van der Waals surface area contributed by atoms with E-state index in [2.05, 4.69) is 4.72 Å². The largest absolute Gasteiger partial charge is 0.480 e. The molecule has 7 nitrogen and oxygen atoms in total. The molecule has 0 aliphatic carbocycles. The molecule has 126 valence electrons. The number of carbonyl (C=O) groups is 2. The Hall–Kier alpha value is -1.93.